The SMILES string of the molecule is C[C@@H]1[C@H](O)[C@@H](C)/C=C/C=C/C=C/C=C/C=C/C=C/C=C/[C@H](O[C@@H]2O[C@H](C)[C@@H](O)[C@H](N)[C@@H]2O)C[C@@H]2O[C@](O)(C[C@@H](O)C[C@@H](O)[C@H](O)CC[C@@H](O)C[C@@H](O)CC(=O)O[C@H]1C)C[C@H](O)[C@H]2C(=O)NCCCCCN. The lowest BCUT2D eigenvalue weighted by Crippen LogP contribution is -2.62. The molecule has 404 valence electrons. The highest BCUT2D eigenvalue weighted by Gasteiger charge is 2.51. The summed E-state index contributed by atoms with van der Waals surface area (Å²) in [6, 6.07) is -1.13. The van der Waals surface area contributed by atoms with Gasteiger partial charge in [0.2, 0.25) is 5.91 Å². The van der Waals surface area contributed by atoms with Crippen LogP contribution >= 0.6 is 0 Å². The molecule has 3 rings (SSSR count). The van der Waals surface area contributed by atoms with Gasteiger partial charge in [-0.3, -0.25) is 9.59 Å². The number of hydrogen-bond acceptors (Lipinski definition) is 18. The molecule has 0 aromatic heterocycles. The lowest BCUT2D eigenvalue weighted by atomic mass is 9.82. The zero-order chi connectivity index (χ0) is 52.7. The molecule has 0 saturated carbocycles. The Morgan fingerprint density at radius 1 is 0.690 bits per heavy atom. The van der Waals surface area contributed by atoms with Gasteiger partial charge in [-0.2, -0.15) is 0 Å². The monoisotopic (exact) mass is 1010 g/mol. The van der Waals surface area contributed by atoms with E-state index in [1.807, 2.05) is 49.5 Å². The summed E-state index contributed by atoms with van der Waals surface area (Å²) in [7, 11) is 0. The average Bonchev–Trinajstić information content (AvgIpc) is 3.30. The predicted molar refractivity (Wildman–Crippen MR) is 265 cm³/mol. The van der Waals surface area contributed by atoms with Crippen molar-refractivity contribution in [1.82, 2.24) is 5.32 Å². The molecule has 0 unspecified atom stereocenters. The van der Waals surface area contributed by atoms with Gasteiger partial charge in [-0.1, -0.05) is 105 Å². The number of esters is 1. The number of nitrogens with two attached hydrogens (primary N) is 2. The van der Waals surface area contributed by atoms with Gasteiger partial charge in [-0.05, 0) is 52.5 Å². The Labute approximate surface area is 418 Å². The minimum atomic E-state index is -2.26. The van der Waals surface area contributed by atoms with E-state index in [2.05, 4.69) is 5.32 Å². The summed E-state index contributed by atoms with van der Waals surface area (Å²) in [5, 5.41) is 113. The van der Waals surface area contributed by atoms with Gasteiger partial charge in [-0.25, -0.2) is 0 Å². The highest BCUT2D eigenvalue weighted by atomic mass is 16.7. The fourth-order valence-corrected chi connectivity index (χ4v) is 8.76. The Morgan fingerprint density at radius 2 is 1.30 bits per heavy atom. The van der Waals surface area contributed by atoms with E-state index in [4.69, 9.17) is 30.4 Å². The number of aliphatic hydroxyl groups is 10. The van der Waals surface area contributed by atoms with Gasteiger partial charge in [0.15, 0.2) is 12.1 Å². The van der Waals surface area contributed by atoms with Crippen LogP contribution in [0, 0.1) is 17.8 Å². The van der Waals surface area contributed by atoms with Crippen molar-refractivity contribution in [3.8, 4) is 0 Å². The third-order valence-corrected chi connectivity index (χ3v) is 13.2. The first-order valence-electron chi connectivity index (χ1n) is 25.1. The Morgan fingerprint density at radius 3 is 1.92 bits per heavy atom. The molecule has 19 nitrogen and oxygen atoms in total. The lowest BCUT2D eigenvalue weighted by Gasteiger charge is -2.46. The predicted octanol–water partition coefficient (Wildman–Crippen LogP) is 0.872. The number of ether oxygens (including phenoxy) is 4. The summed E-state index contributed by atoms with van der Waals surface area (Å²) in [5.74, 6) is -5.54. The number of cyclic esters (lactones) is 1. The zero-order valence-electron chi connectivity index (χ0n) is 41.7. The molecule has 2 saturated heterocycles. The van der Waals surface area contributed by atoms with Crippen LogP contribution in [0.1, 0.15) is 98.3 Å². The van der Waals surface area contributed by atoms with Crippen LogP contribution in [0.2, 0.25) is 0 Å². The van der Waals surface area contributed by atoms with E-state index in [1.54, 1.807) is 63.3 Å². The smallest absolute Gasteiger partial charge is 0.308 e. The normalized spacial score (nSPS) is 42.6. The molecule has 3 aliphatic rings. The van der Waals surface area contributed by atoms with Crippen molar-refractivity contribution in [2.24, 2.45) is 29.2 Å². The van der Waals surface area contributed by atoms with E-state index in [0.29, 0.717) is 13.0 Å². The number of nitrogens with one attached hydrogen (secondary N) is 1. The molecular formula is C52H85N3O16. The highest BCUT2D eigenvalue weighted by Crippen LogP contribution is 2.38. The number of carbonyl (C=O) groups excluding carboxylic acids is 2. The summed E-state index contributed by atoms with van der Waals surface area (Å²) in [6.45, 7) is 7.56. The van der Waals surface area contributed by atoms with Crippen LogP contribution < -0.4 is 16.8 Å². The molecule has 3 aliphatic heterocycles. The Kier molecular flexibility index (Phi) is 27.8. The first-order chi connectivity index (χ1) is 33.7. The van der Waals surface area contributed by atoms with Gasteiger partial charge in [0.1, 0.15) is 12.2 Å². The topological polar surface area (TPSA) is 337 Å². The molecule has 0 aromatic rings. The van der Waals surface area contributed by atoms with E-state index in [-0.39, 0.29) is 38.1 Å². The van der Waals surface area contributed by atoms with Gasteiger partial charge in [0, 0.05) is 44.1 Å². The molecule has 2 fully saturated rings. The van der Waals surface area contributed by atoms with Gasteiger partial charge >= 0.3 is 5.97 Å². The second-order valence-electron chi connectivity index (χ2n) is 19.4. The third kappa shape index (κ3) is 21.9. The molecule has 0 aromatic carbocycles. The maximum atomic E-state index is 13.8. The number of aliphatic hydroxyl groups excluding tert-OH is 9. The number of carbonyl (C=O) groups is 2. The average molecular weight is 1010 g/mol. The Bertz CT molecular complexity index is 1780. The molecular weight excluding hydrogens is 923 g/mol. The zero-order valence-corrected chi connectivity index (χ0v) is 41.7. The summed E-state index contributed by atoms with van der Waals surface area (Å²) < 4.78 is 23.8. The van der Waals surface area contributed by atoms with E-state index >= 15 is 0 Å². The summed E-state index contributed by atoms with van der Waals surface area (Å²) in [5.41, 5.74) is 11.7. The Balaban J connectivity index is 1.93. The van der Waals surface area contributed by atoms with Crippen molar-refractivity contribution in [2.45, 2.75) is 196 Å². The van der Waals surface area contributed by atoms with Gasteiger partial charge in [0.25, 0.3) is 0 Å². The van der Waals surface area contributed by atoms with Crippen molar-refractivity contribution < 1.29 is 79.6 Å². The van der Waals surface area contributed by atoms with Crippen LogP contribution in [0.15, 0.2) is 85.1 Å². The van der Waals surface area contributed by atoms with E-state index in [1.165, 1.54) is 0 Å². The number of amides is 1. The van der Waals surface area contributed by atoms with Crippen LogP contribution in [0.5, 0.6) is 0 Å². The molecule has 71 heavy (non-hydrogen) atoms. The van der Waals surface area contributed by atoms with E-state index in [9.17, 15) is 60.7 Å². The fourth-order valence-electron chi connectivity index (χ4n) is 8.76. The number of rotatable bonds is 8. The van der Waals surface area contributed by atoms with Crippen molar-refractivity contribution in [1.29, 1.82) is 0 Å². The van der Waals surface area contributed by atoms with Gasteiger partial charge < -0.3 is 86.8 Å². The lowest BCUT2D eigenvalue weighted by molar-refractivity contribution is -0.307. The number of unbranched alkanes of at least 4 members (excludes halogenated alkanes) is 2. The summed E-state index contributed by atoms with van der Waals surface area (Å²) >= 11 is 0. The minimum absolute atomic E-state index is 0.0933. The van der Waals surface area contributed by atoms with Crippen molar-refractivity contribution in [3.63, 3.8) is 0 Å². The summed E-state index contributed by atoms with van der Waals surface area (Å²) in [4.78, 5) is 26.5. The number of fused-ring (bicyclic) bond motifs is 2. The van der Waals surface area contributed by atoms with E-state index in [0.717, 1.165) is 12.8 Å². The molecule has 0 aliphatic carbocycles. The maximum Gasteiger partial charge on any atom is 0.308 e. The second-order valence-corrected chi connectivity index (χ2v) is 19.4. The molecule has 19 heteroatoms. The number of allylic oxidation sites excluding steroid dienone is 12. The van der Waals surface area contributed by atoms with Crippen LogP contribution in [-0.4, -0.2) is 174 Å². The fraction of sp³-hybridized carbons (Fsp3) is 0.692. The third-order valence-electron chi connectivity index (χ3n) is 13.2. The molecule has 2 bridgehead atoms. The first kappa shape index (κ1) is 61.8. The summed E-state index contributed by atoms with van der Waals surface area (Å²) in [6.07, 6.45) is 6.99. The highest BCUT2D eigenvalue weighted by molar-refractivity contribution is 5.80. The van der Waals surface area contributed by atoms with Crippen LogP contribution in [-0.2, 0) is 28.5 Å². The molecule has 3 heterocycles. The van der Waals surface area contributed by atoms with E-state index < -0.39 is 147 Å². The second kappa shape index (κ2) is 32.0. The van der Waals surface area contributed by atoms with Crippen LogP contribution in [0.3, 0.4) is 0 Å². The van der Waals surface area contributed by atoms with Crippen molar-refractivity contribution in [3.05, 3.63) is 85.1 Å². The van der Waals surface area contributed by atoms with Gasteiger partial charge in [-0.15, -0.1) is 0 Å². The molecule has 0 spiro atoms. The molecule has 15 N–H and O–H groups in total. The molecule has 0 radical (unpaired) electrons. The molecule has 19 atom stereocenters. The first-order valence-corrected chi connectivity index (χ1v) is 25.1. The van der Waals surface area contributed by atoms with Crippen LogP contribution in [0.4, 0.5) is 0 Å². The Hall–Kier alpha value is -3.48. The van der Waals surface area contributed by atoms with Crippen molar-refractivity contribution >= 4 is 11.9 Å². The quantitative estimate of drug-likeness (QED) is 0.119. The maximum absolute atomic E-state index is 13.8. The standard InChI is InChI=1S/C52H85N3O16/c1-32-20-16-13-11-9-7-5-6-8-10-12-14-17-21-39(70-51-49(65)46(54)48(64)35(4)69-51)29-43-45(50(66)55-25-19-15-18-24-53)42(61)31-52(67,71-43)30-38(58)27-41(60)40(59)23-22-36(56)26-37(57)28-44(62)68-34(3)33(2)47(32)63/h5-14,16-17,20-21,32-43,45-49,51,56-61,63-65,67H,15,18-19,22-31,53-54H2,1-4H3,(H,55,66)/b6-5+,9-7+,10-8+,13-11+,14-12+,20-16+,21-17+/t32-,33-,34-,35+,36+,37+,38-,39-,40+,41+,42-,43-,45+,46-,47+,48+,49-,51-,52+/m0/s1. The van der Waals surface area contributed by atoms with Crippen molar-refractivity contribution in [2.75, 3.05) is 13.1 Å². The van der Waals surface area contributed by atoms with Crippen LogP contribution in [0.25, 0.3) is 0 Å². The number of hydrogen-bond donors (Lipinski definition) is 13. The largest absolute Gasteiger partial charge is 0.462 e. The van der Waals surface area contributed by atoms with Gasteiger partial charge in [0.05, 0.1) is 85.5 Å². The molecule has 1 amide bonds. The minimum Gasteiger partial charge on any atom is -0.462 e.